The average molecular weight is 855 g/mol. The van der Waals surface area contributed by atoms with Crippen molar-refractivity contribution in [2.75, 3.05) is 26.9 Å². The Bertz CT molecular complexity index is 1790. The number of fused-ring (bicyclic) bond motifs is 7. The molecule has 0 amide bonds. The van der Waals surface area contributed by atoms with E-state index in [9.17, 15) is 24.9 Å². The van der Waals surface area contributed by atoms with Gasteiger partial charge >= 0.3 is 11.9 Å². The Hall–Kier alpha value is -2.66. The van der Waals surface area contributed by atoms with Crippen LogP contribution in [-0.2, 0) is 42.7 Å². The molecule has 3 saturated carbocycles. The highest BCUT2D eigenvalue weighted by Crippen LogP contribution is 2.70. The van der Waals surface area contributed by atoms with Crippen molar-refractivity contribution in [2.45, 2.75) is 160 Å². The van der Waals surface area contributed by atoms with Gasteiger partial charge in [-0.3, -0.25) is 4.79 Å². The van der Waals surface area contributed by atoms with E-state index in [1.165, 1.54) is 44.6 Å². The average Bonchev–Trinajstić information content (AvgIpc) is 3.69. The summed E-state index contributed by atoms with van der Waals surface area (Å²) in [4.78, 5) is 25.8. The van der Waals surface area contributed by atoms with Crippen LogP contribution in [0.3, 0.4) is 0 Å². The molecule has 1 spiro atoms. The number of hydrogen-bond donors (Lipinski definition) is 3. The quantitative estimate of drug-likeness (QED) is 0.233. The van der Waals surface area contributed by atoms with Gasteiger partial charge in [0.2, 0.25) is 0 Å². The van der Waals surface area contributed by atoms with Crippen molar-refractivity contribution >= 4 is 11.9 Å². The smallest absolute Gasteiger partial charge is 0.338 e. The third-order valence-corrected chi connectivity index (χ3v) is 16.6. The number of hydrogen-bond acceptors (Lipinski definition) is 14. The molecule has 0 aromatic heterocycles. The molecule has 14 nitrogen and oxygen atoms in total. The molecule has 1 aromatic carbocycles. The number of aliphatic hydroxyl groups is 3. The van der Waals surface area contributed by atoms with Crippen molar-refractivity contribution in [1.29, 1.82) is 0 Å². The monoisotopic (exact) mass is 854 g/mol. The number of methoxy groups -OCH3 is 1. The van der Waals surface area contributed by atoms with Gasteiger partial charge in [-0.15, -0.1) is 0 Å². The van der Waals surface area contributed by atoms with Gasteiger partial charge in [0.1, 0.15) is 30.2 Å². The summed E-state index contributed by atoms with van der Waals surface area (Å²) in [6.45, 7) is 11.2. The highest BCUT2D eigenvalue weighted by molar-refractivity contribution is 5.89. The topological polar surface area (TPSA) is 178 Å². The van der Waals surface area contributed by atoms with E-state index in [-0.39, 0.29) is 41.8 Å². The second kappa shape index (κ2) is 16.7. The van der Waals surface area contributed by atoms with Crippen LogP contribution in [0.25, 0.3) is 0 Å². The molecule has 338 valence electrons. The molecule has 0 bridgehead atoms. The molecule has 9 rings (SSSR count). The van der Waals surface area contributed by atoms with Gasteiger partial charge in [-0.05, 0) is 116 Å². The van der Waals surface area contributed by atoms with Gasteiger partial charge in [-0.1, -0.05) is 39.3 Å². The first-order chi connectivity index (χ1) is 29.1. The van der Waals surface area contributed by atoms with E-state index >= 15 is 0 Å². The lowest BCUT2D eigenvalue weighted by atomic mass is 9.47. The third-order valence-electron chi connectivity index (χ3n) is 16.6. The lowest BCUT2D eigenvalue weighted by Gasteiger charge is -2.58. The fraction of sp³-hybridized carbons (Fsp3) is 0.787. The van der Waals surface area contributed by atoms with E-state index in [2.05, 4.69) is 33.8 Å². The molecule has 0 radical (unpaired) electrons. The molecule has 61 heavy (non-hydrogen) atoms. The van der Waals surface area contributed by atoms with Crippen LogP contribution in [0.15, 0.2) is 35.9 Å². The van der Waals surface area contributed by atoms with E-state index in [4.69, 9.17) is 42.6 Å². The lowest BCUT2D eigenvalue weighted by Crippen LogP contribution is -2.62. The Kier molecular flexibility index (Phi) is 11.9. The summed E-state index contributed by atoms with van der Waals surface area (Å²) in [7, 11) is 1.50. The molecular formula is C47H66O14. The molecule has 19 atom stereocenters. The predicted molar refractivity (Wildman–Crippen MR) is 217 cm³/mol. The first kappa shape index (κ1) is 43.6. The zero-order valence-electron chi connectivity index (χ0n) is 36.4. The van der Waals surface area contributed by atoms with Crippen molar-refractivity contribution in [3.63, 3.8) is 0 Å². The summed E-state index contributed by atoms with van der Waals surface area (Å²) in [5, 5.41) is 32.7. The molecule has 4 aliphatic carbocycles. The normalized spacial score (nSPS) is 47.9. The van der Waals surface area contributed by atoms with Crippen LogP contribution in [0.2, 0.25) is 0 Å². The Balaban J connectivity index is 0.874. The predicted octanol–water partition coefficient (Wildman–Crippen LogP) is 5.08. The number of allylic oxidation sites excluding steroid dienone is 1. The van der Waals surface area contributed by atoms with E-state index in [0.717, 1.165) is 45.1 Å². The van der Waals surface area contributed by atoms with Gasteiger partial charge in [0.25, 0.3) is 0 Å². The van der Waals surface area contributed by atoms with E-state index in [1.54, 1.807) is 12.1 Å². The number of esters is 2. The Morgan fingerprint density at radius 3 is 2.26 bits per heavy atom. The van der Waals surface area contributed by atoms with Crippen LogP contribution in [0.1, 0.15) is 103 Å². The summed E-state index contributed by atoms with van der Waals surface area (Å²) >= 11 is 0. The largest absolute Gasteiger partial charge is 0.497 e. The molecule has 8 aliphatic rings. The number of ether oxygens (including phenoxy) is 9. The first-order valence-corrected chi connectivity index (χ1v) is 22.8. The molecule has 4 heterocycles. The summed E-state index contributed by atoms with van der Waals surface area (Å²) in [6.07, 6.45) is 0.917. The lowest BCUT2D eigenvalue weighted by molar-refractivity contribution is -0.339. The summed E-state index contributed by atoms with van der Waals surface area (Å²) < 4.78 is 54.8. The van der Waals surface area contributed by atoms with Crippen LogP contribution in [0, 0.1) is 46.3 Å². The van der Waals surface area contributed by atoms with Crippen molar-refractivity contribution in [3.05, 3.63) is 41.5 Å². The van der Waals surface area contributed by atoms with Crippen LogP contribution < -0.4 is 4.74 Å². The Morgan fingerprint density at radius 2 is 1.56 bits per heavy atom. The molecule has 14 heteroatoms. The van der Waals surface area contributed by atoms with Crippen molar-refractivity contribution < 1.29 is 67.5 Å². The van der Waals surface area contributed by atoms with Crippen molar-refractivity contribution in [1.82, 2.24) is 0 Å². The van der Waals surface area contributed by atoms with Crippen LogP contribution in [-0.4, -0.2) is 121 Å². The van der Waals surface area contributed by atoms with Crippen molar-refractivity contribution in [2.24, 2.45) is 46.3 Å². The second-order valence-electron chi connectivity index (χ2n) is 20.1. The van der Waals surface area contributed by atoms with Crippen LogP contribution in [0.5, 0.6) is 5.75 Å². The highest BCUT2D eigenvalue weighted by Gasteiger charge is 2.69. The van der Waals surface area contributed by atoms with Gasteiger partial charge in [0, 0.05) is 19.3 Å². The third kappa shape index (κ3) is 7.67. The number of rotatable bonds is 8. The number of carbonyl (C=O) groups excluding carboxylic acids is 2. The maximum absolute atomic E-state index is 13.2. The molecule has 4 aliphatic heterocycles. The maximum atomic E-state index is 13.2. The molecular weight excluding hydrogens is 789 g/mol. The summed E-state index contributed by atoms with van der Waals surface area (Å²) in [5.41, 5.74) is 1.86. The number of aliphatic hydroxyl groups excluding tert-OH is 3. The Labute approximate surface area is 358 Å². The van der Waals surface area contributed by atoms with Gasteiger partial charge in [-0.2, -0.15) is 0 Å². The van der Waals surface area contributed by atoms with Crippen LogP contribution >= 0.6 is 0 Å². The standard InChI is InChI=1S/C47H66O14/c1-24-13-18-47(56-21-24)25(2)37-36(61-47)20-33-31-12-9-28-19-30(14-16-45(28,4)32(31)15-17-46(33,37)5)58-44-41(57-26(3)48)39(35(50)23-55-44)60-43-40(38(51)34(49)22-54-43)59-42(52)27-7-10-29(53-6)11-8-27/h7-11,24-25,30-41,43-44,49-51H,12-23H2,1-6H3/t24-,25?,30+,31?,32?,33?,34-,35+,36?,37?,38+,39+,40-,41-,43+,44+,45+,46+,47?/m1/s1. The maximum Gasteiger partial charge on any atom is 0.338 e. The van der Waals surface area contributed by atoms with Gasteiger partial charge in [-0.25, -0.2) is 4.79 Å². The summed E-state index contributed by atoms with van der Waals surface area (Å²) in [6, 6.07) is 6.18. The van der Waals surface area contributed by atoms with Gasteiger partial charge in [0.05, 0.1) is 44.7 Å². The minimum absolute atomic E-state index is 0.0463. The zero-order chi connectivity index (χ0) is 43.0. The molecule has 3 N–H and O–H groups in total. The van der Waals surface area contributed by atoms with E-state index in [0.29, 0.717) is 47.7 Å². The SMILES string of the molecule is COc1ccc(C(=O)O[C@H]2[C@H](O[C@@H]3[C@@H](OC(C)=O)[C@H](O[C@H]4CC[C@@]5(C)C(=CCC6C7CC8OC9(CC[C@@H](C)CO9)C(C)C8[C@@]7(C)CCC65)C4)OC[C@@H]3O)OC[C@@H](O)[C@@H]2O)cc1. The minimum atomic E-state index is -1.58. The molecule has 1 aromatic rings. The molecule has 7 fully saturated rings. The number of benzene rings is 1. The first-order valence-electron chi connectivity index (χ1n) is 22.8. The van der Waals surface area contributed by atoms with Gasteiger partial charge < -0.3 is 58.0 Å². The summed E-state index contributed by atoms with van der Waals surface area (Å²) in [5.74, 6) is 1.96. The fourth-order valence-electron chi connectivity index (χ4n) is 13.4. The van der Waals surface area contributed by atoms with Gasteiger partial charge in [0.15, 0.2) is 30.6 Å². The second-order valence-corrected chi connectivity index (χ2v) is 20.1. The highest BCUT2D eigenvalue weighted by atomic mass is 16.8. The van der Waals surface area contributed by atoms with Crippen LogP contribution in [0.4, 0.5) is 0 Å². The molecule has 4 saturated heterocycles. The minimum Gasteiger partial charge on any atom is -0.497 e. The number of carbonyl (C=O) groups is 2. The zero-order valence-corrected chi connectivity index (χ0v) is 36.4. The van der Waals surface area contributed by atoms with E-state index in [1.807, 2.05) is 0 Å². The molecule has 7 unspecified atom stereocenters. The fourth-order valence-corrected chi connectivity index (χ4v) is 13.4. The Morgan fingerprint density at radius 1 is 0.820 bits per heavy atom. The van der Waals surface area contributed by atoms with Crippen molar-refractivity contribution in [3.8, 4) is 5.75 Å². The van der Waals surface area contributed by atoms with E-state index < -0.39 is 66.9 Å².